The van der Waals surface area contributed by atoms with E-state index in [4.69, 9.17) is 11.6 Å². The molecular weight excluding hydrogens is 181 g/mol. The number of nitrogens with one attached hydrogen (secondary N) is 1. The van der Waals surface area contributed by atoms with Crippen LogP contribution in [-0.2, 0) is 0 Å². The Labute approximate surface area is 78.2 Å². The van der Waals surface area contributed by atoms with Gasteiger partial charge in [0.25, 0.3) is 0 Å². The van der Waals surface area contributed by atoms with Crippen LogP contribution in [0.5, 0.6) is 0 Å². The first-order valence-corrected chi connectivity index (χ1v) is 3.55. The number of benzene rings is 1. The van der Waals surface area contributed by atoms with Gasteiger partial charge in [-0.05, 0) is 24.6 Å². The monoisotopic (exact) mass is 191 g/mol. The Hall–Kier alpha value is -0.400. The number of rotatable bonds is 1. The molecule has 0 radical (unpaired) electrons. The molecule has 1 aromatic carbocycles. The molecule has 0 bridgehead atoms. The van der Waals surface area contributed by atoms with Crippen LogP contribution in [-0.4, -0.2) is 7.05 Å². The standard InChI is InChI=1S/C8H10ClN.ClH/c1-6-3-4-7(9)5-8(6)10-2;/h3-5,10H,1-2H3;1H. The molecule has 0 aliphatic rings. The van der Waals surface area contributed by atoms with Crippen LogP contribution >= 0.6 is 24.0 Å². The quantitative estimate of drug-likeness (QED) is 0.720. The number of anilines is 1. The molecule has 0 amide bonds. The van der Waals surface area contributed by atoms with Crippen molar-refractivity contribution in [2.75, 3.05) is 12.4 Å². The molecule has 1 rings (SSSR count). The van der Waals surface area contributed by atoms with Gasteiger partial charge < -0.3 is 5.32 Å². The van der Waals surface area contributed by atoms with E-state index in [-0.39, 0.29) is 12.4 Å². The van der Waals surface area contributed by atoms with Crippen molar-refractivity contribution in [2.24, 2.45) is 0 Å². The molecule has 0 spiro atoms. The summed E-state index contributed by atoms with van der Waals surface area (Å²) in [5.74, 6) is 0. The van der Waals surface area contributed by atoms with E-state index >= 15 is 0 Å². The van der Waals surface area contributed by atoms with Crippen LogP contribution in [0, 0.1) is 6.92 Å². The number of halogens is 2. The Bertz CT molecular complexity index is 236. The Morgan fingerprint density at radius 2 is 2.00 bits per heavy atom. The summed E-state index contributed by atoms with van der Waals surface area (Å²) >= 11 is 5.76. The highest BCUT2D eigenvalue weighted by molar-refractivity contribution is 6.30. The molecule has 0 heterocycles. The van der Waals surface area contributed by atoms with Gasteiger partial charge in [-0.15, -0.1) is 12.4 Å². The minimum atomic E-state index is 0. The predicted molar refractivity (Wildman–Crippen MR) is 53.0 cm³/mol. The maximum Gasteiger partial charge on any atom is 0.0426 e. The fraction of sp³-hybridized carbons (Fsp3) is 0.250. The van der Waals surface area contributed by atoms with E-state index in [1.54, 1.807) is 0 Å². The number of hydrogen-bond donors (Lipinski definition) is 1. The first kappa shape index (κ1) is 10.6. The average Bonchev–Trinajstić information content (AvgIpc) is 1.94. The van der Waals surface area contributed by atoms with Crippen molar-refractivity contribution in [2.45, 2.75) is 6.92 Å². The molecule has 0 saturated carbocycles. The van der Waals surface area contributed by atoms with Gasteiger partial charge in [0.2, 0.25) is 0 Å². The maximum absolute atomic E-state index is 5.76. The molecule has 1 aromatic rings. The van der Waals surface area contributed by atoms with Crippen molar-refractivity contribution in [3.63, 3.8) is 0 Å². The van der Waals surface area contributed by atoms with Gasteiger partial charge in [-0.3, -0.25) is 0 Å². The summed E-state index contributed by atoms with van der Waals surface area (Å²) in [5, 5.41) is 3.82. The number of hydrogen-bond acceptors (Lipinski definition) is 1. The van der Waals surface area contributed by atoms with Gasteiger partial charge in [0.05, 0.1) is 0 Å². The Morgan fingerprint density at radius 1 is 1.36 bits per heavy atom. The van der Waals surface area contributed by atoms with Crippen LogP contribution in [0.15, 0.2) is 18.2 Å². The molecule has 62 valence electrons. The van der Waals surface area contributed by atoms with E-state index in [0.29, 0.717) is 0 Å². The normalized spacial score (nSPS) is 8.64. The maximum atomic E-state index is 5.76. The molecule has 11 heavy (non-hydrogen) atoms. The van der Waals surface area contributed by atoms with Crippen molar-refractivity contribution in [3.05, 3.63) is 28.8 Å². The smallest absolute Gasteiger partial charge is 0.0426 e. The van der Waals surface area contributed by atoms with Gasteiger partial charge in [0, 0.05) is 17.8 Å². The zero-order valence-electron chi connectivity index (χ0n) is 6.52. The summed E-state index contributed by atoms with van der Waals surface area (Å²) < 4.78 is 0. The highest BCUT2D eigenvalue weighted by Gasteiger charge is 1.94. The minimum absolute atomic E-state index is 0. The lowest BCUT2D eigenvalue weighted by atomic mass is 10.2. The molecule has 3 heteroatoms. The second-order valence-electron chi connectivity index (χ2n) is 2.21. The molecule has 0 aliphatic carbocycles. The molecule has 0 aliphatic heterocycles. The second-order valence-corrected chi connectivity index (χ2v) is 2.65. The summed E-state index contributed by atoms with van der Waals surface area (Å²) in [6, 6.07) is 5.79. The van der Waals surface area contributed by atoms with Crippen molar-refractivity contribution in [3.8, 4) is 0 Å². The first-order chi connectivity index (χ1) is 4.74. The molecule has 0 atom stereocenters. The van der Waals surface area contributed by atoms with Crippen molar-refractivity contribution >= 4 is 29.7 Å². The fourth-order valence-electron chi connectivity index (χ4n) is 0.864. The molecule has 1 nitrogen and oxygen atoms in total. The summed E-state index contributed by atoms with van der Waals surface area (Å²) in [6.45, 7) is 2.04. The summed E-state index contributed by atoms with van der Waals surface area (Å²) in [6.07, 6.45) is 0. The largest absolute Gasteiger partial charge is 0.388 e. The third kappa shape index (κ3) is 2.60. The Balaban J connectivity index is 0.000001000. The molecule has 0 unspecified atom stereocenters. The molecule has 0 fully saturated rings. The summed E-state index contributed by atoms with van der Waals surface area (Å²) in [5.41, 5.74) is 2.31. The van der Waals surface area contributed by atoms with Gasteiger partial charge in [0.15, 0.2) is 0 Å². The predicted octanol–water partition coefficient (Wildman–Crippen LogP) is 3.11. The zero-order chi connectivity index (χ0) is 7.56. The van der Waals surface area contributed by atoms with E-state index in [9.17, 15) is 0 Å². The van der Waals surface area contributed by atoms with E-state index in [1.165, 1.54) is 5.56 Å². The van der Waals surface area contributed by atoms with Gasteiger partial charge in [-0.2, -0.15) is 0 Å². The fourth-order valence-corrected chi connectivity index (χ4v) is 1.04. The summed E-state index contributed by atoms with van der Waals surface area (Å²) in [7, 11) is 1.89. The number of aryl methyl sites for hydroxylation is 1. The van der Waals surface area contributed by atoms with Crippen LogP contribution in [0.2, 0.25) is 5.02 Å². The van der Waals surface area contributed by atoms with E-state index < -0.39 is 0 Å². The second kappa shape index (κ2) is 4.47. The van der Waals surface area contributed by atoms with Crippen LogP contribution in [0.3, 0.4) is 0 Å². The SMILES string of the molecule is CNc1cc(Cl)ccc1C.Cl. The molecule has 0 saturated heterocycles. The van der Waals surface area contributed by atoms with E-state index in [1.807, 2.05) is 32.2 Å². The van der Waals surface area contributed by atoms with Crippen LogP contribution < -0.4 is 5.32 Å². The van der Waals surface area contributed by atoms with Crippen molar-refractivity contribution in [1.29, 1.82) is 0 Å². The third-order valence-electron chi connectivity index (χ3n) is 1.47. The Morgan fingerprint density at radius 3 is 2.45 bits per heavy atom. The topological polar surface area (TPSA) is 12.0 Å². The van der Waals surface area contributed by atoms with Gasteiger partial charge in [-0.1, -0.05) is 17.7 Å². The third-order valence-corrected chi connectivity index (χ3v) is 1.70. The van der Waals surface area contributed by atoms with E-state index in [2.05, 4.69) is 5.32 Å². The van der Waals surface area contributed by atoms with Crippen LogP contribution in [0.1, 0.15) is 5.56 Å². The average molecular weight is 192 g/mol. The van der Waals surface area contributed by atoms with Gasteiger partial charge in [-0.25, -0.2) is 0 Å². The molecular formula is C8H11Cl2N. The van der Waals surface area contributed by atoms with Crippen molar-refractivity contribution < 1.29 is 0 Å². The van der Waals surface area contributed by atoms with Gasteiger partial charge >= 0.3 is 0 Å². The van der Waals surface area contributed by atoms with Crippen molar-refractivity contribution in [1.82, 2.24) is 0 Å². The van der Waals surface area contributed by atoms with Crippen LogP contribution in [0.4, 0.5) is 5.69 Å². The summed E-state index contributed by atoms with van der Waals surface area (Å²) in [4.78, 5) is 0. The Kier molecular flexibility index (Phi) is 4.31. The first-order valence-electron chi connectivity index (χ1n) is 3.18. The lowest BCUT2D eigenvalue weighted by molar-refractivity contribution is 1.41. The lowest BCUT2D eigenvalue weighted by Crippen LogP contribution is -1.90. The van der Waals surface area contributed by atoms with Crippen LogP contribution in [0.25, 0.3) is 0 Å². The van der Waals surface area contributed by atoms with E-state index in [0.717, 1.165) is 10.7 Å². The molecule has 1 N–H and O–H groups in total. The lowest BCUT2D eigenvalue weighted by Gasteiger charge is -2.03. The van der Waals surface area contributed by atoms with Gasteiger partial charge in [0.1, 0.15) is 0 Å². The molecule has 0 aromatic heterocycles. The minimum Gasteiger partial charge on any atom is -0.388 e. The zero-order valence-corrected chi connectivity index (χ0v) is 8.09. The highest BCUT2D eigenvalue weighted by Crippen LogP contribution is 2.18. The highest BCUT2D eigenvalue weighted by atomic mass is 35.5.